The van der Waals surface area contributed by atoms with Gasteiger partial charge in [0.25, 0.3) is 11.8 Å². The summed E-state index contributed by atoms with van der Waals surface area (Å²) in [4.78, 5) is 28.1. The molecule has 5 rings (SSSR count). The Morgan fingerprint density at radius 1 is 0.914 bits per heavy atom. The number of halogens is 1. The van der Waals surface area contributed by atoms with E-state index in [9.17, 15) is 14.0 Å². The van der Waals surface area contributed by atoms with Crippen LogP contribution in [0.15, 0.2) is 66.7 Å². The smallest absolute Gasteiger partial charge is 0.270 e. The van der Waals surface area contributed by atoms with Crippen LogP contribution < -0.4 is 5.32 Å². The van der Waals surface area contributed by atoms with Crippen molar-refractivity contribution in [3.8, 4) is 0 Å². The lowest BCUT2D eigenvalue weighted by Crippen LogP contribution is -2.29. The Morgan fingerprint density at radius 3 is 2.46 bits per heavy atom. The van der Waals surface area contributed by atoms with Crippen LogP contribution in [0.3, 0.4) is 0 Å². The van der Waals surface area contributed by atoms with Crippen LogP contribution in [0.4, 0.5) is 10.1 Å². The Balaban J connectivity index is 1.50. The minimum atomic E-state index is -0.303. The molecule has 0 atom stereocenters. The van der Waals surface area contributed by atoms with Gasteiger partial charge in [-0.15, -0.1) is 0 Å². The molecule has 0 saturated carbocycles. The van der Waals surface area contributed by atoms with Gasteiger partial charge in [0.2, 0.25) is 0 Å². The highest BCUT2D eigenvalue weighted by atomic mass is 19.1. The highest BCUT2D eigenvalue weighted by Crippen LogP contribution is 2.27. The Hall–Kier alpha value is -3.93. The molecule has 0 bridgehead atoms. The molecule has 1 aliphatic rings. The summed E-state index contributed by atoms with van der Waals surface area (Å²) in [5.41, 5.74) is 5.67. The molecule has 1 fully saturated rings. The number of anilines is 1. The number of carbonyl (C=O) groups is 2. The van der Waals surface area contributed by atoms with E-state index >= 15 is 0 Å². The number of aromatic nitrogens is 1. The minimum Gasteiger partial charge on any atom is -0.337 e. The van der Waals surface area contributed by atoms with Crippen molar-refractivity contribution in [2.24, 2.45) is 0 Å². The number of aryl methyl sites for hydroxylation is 2. The standard InChI is InChI=1S/C29H28FN3O2/c1-19-8-9-22(14-20(19)2)28(34)31-25-10-11-26-23(16-25)17-27(29(35)32-12-3-4-13-32)33(26)18-21-6-5-7-24(30)15-21/h5-11,14-17H,3-4,12-13,18H2,1-2H3,(H,31,34). The van der Waals surface area contributed by atoms with Gasteiger partial charge in [-0.1, -0.05) is 18.2 Å². The maximum absolute atomic E-state index is 13.9. The van der Waals surface area contributed by atoms with Crippen LogP contribution in [-0.2, 0) is 6.54 Å². The lowest BCUT2D eigenvalue weighted by molar-refractivity contribution is 0.0783. The van der Waals surface area contributed by atoms with Crippen LogP contribution in [-0.4, -0.2) is 34.4 Å². The molecule has 4 aromatic rings. The zero-order valence-corrected chi connectivity index (χ0v) is 20.0. The molecule has 1 aliphatic heterocycles. The van der Waals surface area contributed by atoms with E-state index in [1.165, 1.54) is 12.1 Å². The van der Waals surface area contributed by atoms with Gasteiger partial charge in [-0.05, 0) is 91.9 Å². The SMILES string of the molecule is Cc1ccc(C(=O)Nc2ccc3c(c2)cc(C(=O)N2CCCC2)n3Cc2cccc(F)c2)cc1C. The van der Waals surface area contributed by atoms with E-state index in [4.69, 9.17) is 0 Å². The van der Waals surface area contributed by atoms with Crippen molar-refractivity contribution in [3.05, 3.63) is 100 Å². The molecule has 0 spiro atoms. The Morgan fingerprint density at radius 2 is 1.71 bits per heavy atom. The molecule has 178 valence electrons. The first-order chi connectivity index (χ1) is 16.9. The fraction of sp³-hybridized carbons (Fsp3) is 0.241. The predicted octanol–water partition coefficient (Wildman–Crippen LogP) is 5.93. The average Bonchev–Trinajstić information content (AvgIpc) is 3.49. The summed E-state index contributed by atoms with van der Waals surface area (Å²) >= 11 is 0. The molecule has 2 heterocycles. The molecule has 3 aromatic carbocycles. The van der Waals surface area contributed by atoms with Crippen molar-refractivity contribution in [2.45, 2.75) is 33.2 Å². The van der Waals surface area contributed by atoms with Crippen molar-refractivity contribution >= 4 is 28.4 Å². The summed E-state index contributed by atoms with van der Waals surface area (Å²) in [5, 5.41) is 3.82. The molecule has 6 heteroatoms. The van der Waals surface area contributed by atoms with E-state index in [2.05, 4.69) is 5.32 Å². The summed E-state index contributed by atoms with van der Waals surface area (Å²) in [6, 6.07) is 19.6. The summed E-state index contributed by atoms with van der Waals surface area (Å²) in [6.07, 6.45) is 2.01. The van der Waals surface area contributed by atoms with Crippen LogP contribution in [0.25, 0.3) is 10.9 Å². The number of carbonyl (C=O) groups excluding carboxylic acids is 2. The van der Waals surface area contributed by atoms with Crippen molar-refractivity contribution in [3.63, 3.8) is 0 Å². The molecule has 5 nitrogen and oxygen atoms in total. The van der Waals surface area contributed by atoms with Crippen molar-refractivity contribution in [2.75, 3.05) is 18.4 Å². The van der Waals surface area contributed by atoms with Crippen LogP contribution in [0.2, 0.25) is 0 Å². The van der Waals surface area contributed by atoms with E-state index in [0.29, 0.717) is 23.5 Å². The zero-order chi connectivity index (χ0) is 24.5. The molecule has 1 aromatic heterocycles. The molecule has 35 heavy (non-hydrogen) atoms. The first-order valence-electron chi connectivity index (χ1n) is 11.9. The molecule has 0 radical (unpaired) electrons. The van der Waals surface area contributed by atoms with Gasteiger partial charge in [0, 0.05) is 41.8 Å². The third kappa shape index (κ3) is 4.69. The molecule has 2 amide bonds. The number of fused-ring (bicyclic) bond motifs is 1. The molecular weight excluding hydrogens is 441 g/mol. The first kappa shape index (κ1) is 22.8. The second kappa shape index (κ2) is 9.37. The van der Waals surface area contributed by atoms with Crippen LogP contribution in [0.5, 0.6) is 0 Å². The number of benzene rings is 3. The van der Waals surface area contributed by atoms with Crippen molar-refractivity contribution < 1.29 is 14.0 Å². The summed E-state index contributed by atoms with van der Waals surface area (Å²) in [5.74, 6) is -0.501. The van der Waals surface area contributed by atoms with Gasteiger partial charge in [0.15, 0.2) is 0 Å². The molecular formula is C29H28FN3O2. The number of nitrogens with zero attached hydrogens (tertiary/aromatic N) is 2. The van der Waals surface area contributed by atoms with Gasteiger partial charge in [0.1, 0.15) is 11.5 Å². The lowest BCUT2D eigenvalue weighted by Gasteiger charge is -2.17. The highest BCUT2D eigenvalue weighted by Gasteiger charge is 2.24. The maximum atomic E-state index is 13.9. The van der Waals surface area contributed by atoms with Gasteiger partial charge >= 0.3 is 0 Å². The maximum Gasteiger partial charge on any atom is 0.270 e. The van der Waals surface area contributed by atoms with Gasteiger partial charge < -0.3 is 14.8 Å². The fourth-order valence-electron chi connectivity index (χ4n) is 4.68. The second-order valence-electron chi connectivity index (χ2n) is 9.27. The quantitative estimate of drug-likeness (QED) is 0.394. The van der Waals surface area contributed by atoms with Gasteiger partial charge in [0.05, 0.1) is 0 Å². The number of hydrogen-bond acceptors (Lipinski definition) is 2. The summed E-state index contributed by atoms with van der Waals surface area (Å²) < 4.78 is 15.8. The predicted molar refractivity (Wildman–Crippen MR) is 136 cm³/mol. The van der Waals surface area contributed by atoms with Crippen LogP contribution in [0.1, 0.15) is 50.4 Å². The van der Waals surface area contributed by atoms with E-state index in [1.807, 2.05) is 71.8 Å². The minimum absolute atomic E-state index is 0.0178. The fourth-order valence-corrected chi connectivity index (χ4v) is 4.68. The molecule has 1 saturated heterocycles. The Labute approximate surface area is 204 Å². The van der Waals surface area contributed by atoms with E-state index in [-0.39, 0.29) is 17.6 Å². The van der Waals surface area contributed by atoms with Crippen molar-refractivity contribution in [1.29, 1.82) is 0 Å². The Kier molecular flexibility index (Phi) is 6.12. The molecule has 0 unspecified atom stereocenters. The number of nitrogens with one attached hydrogen (secondary N) is 1. The third-order valence-electron chi connectivity index (χ3n) is 6.77. The lowest BCUT2D eigenvalue weighted by atomic mass is 10.1. The van der Waals surface area contributed by atoms with E-state index < -0.39 is 0 Å². The first-order valence-corrected chi connectivity index (χ1v) is 11.9. The monoisotopic (exact) mass is 469 g/mol. The largest absolute Gasteiger partial charge is 0.337 e. The number of rotatable bonds is 5. The number of likely N-dealkylation sites (tertiary alicyclic amines) is 1. The average molecular weight is 470 g/mol. The Bertz CT molecular complexity index is 1430. The van der Waals surface area contributed by atoms with Gasteiger partial charge in [-0.2, -0.15) is 0 Å². The van der Waals surface area contributed by atoms with Crippen LogP contribution >= 0.6 is 0 Å². The van der Waals surface area contributed by atoms with E-state index in [1.54, 1.807) is 6.07 Å². The highest BCUT2D eigenvalue weighted by molar-refractivity contribution is 6.06. The van der Waals surface area contributed by atoms with Crippen LogP contribution in [0, 0.1) is 19.7 Å². The van der Waals surface area contributed by atoms with Gasteiger partial charge in [-0.3, -0.25) is 9.59 Å². The molecule has 1 N–H and O–H groups in total. The normalized spacial score (nSPS) is 13.4. The second-order valence-corrected chi connectivity index (χ2v) is 9.27. The topological polar surface area (TPSA) is 54.3 Å². The third-order valence-corrected chi connectivity index (χ3v) is 6.77. The summed E-state index contributed by atoms with van der Waals surface area (Å²) in [6.45, 7) is 5.87. The number of amides is 2. The zero-order valence-electron chi connectivity index (χ0n) is 20.0. The van der Waals surface area contributed by atoms with E-state index in [0.717, 1.165) is 53.5 Å². The van der Waals surface area contributed by atoms with Gasteiger partial charge in [-0.25, -0.2) is 4.39 Å². The summed E-state index contributed by atoms with van der Waals surface area (Å²) in [7, 11) is 0. The molecule has 0 aliphatic carbocycles. The number of hydrogen-bond donors (Lipinski definition) is 1. The van der Waals surface area contributed by atoms with Crippen molar-refractivity contribution in [1.82, 2.24) is 9.47 Å².